The molecule has 176 valence electrons. The summed E-state index contributed by atoms with van der Waals surface area (Å²) < 4.78 is 41.7. The normalized spacial score (nSPS) is 17.4. The standard InChI is InChI=1S/C23H18BrClFN3O4S/c24-8-7-23(6-1-9-29-23)34(32,33)19-11-16(26)10-17-20(19)27-13-18(21(17)30)22(31)28-12-14-2-4-15(25)5-3-14/h1-6,9-11,13H,7-8,12H2,(H,27,30)(H,28,31). The summed E-state index contributed by atoms with van der Waals surface area (Å²) in [6.07, 6.45) is 5.54. The summed E-state index contributed by atoms with van der Waals surface area (Å²) in [6, 6.07) is 8.55. The van der Waals surface area contributed by atoms with Crippen LogP contribution in [0.5, 0.6) is 0 Å². The number of H-pyrrole nitrogens is 1. The first-order chi connectivity index (χ1) is 16.2. The topological polar surface area (TPSA) is 108 Å². The molecule has 2 heterocycles. The van der Waals surface area contributed by atoms with E-state index in [1.165, 1.54) is 18.4 Å². The van der Waals surface area contributed by atoms with Crippen molar-refractivity contribution in [3.8, 4) is 0 Å². The number of pyridine rings is 1. The second kappa shape index (κ2) is 9.44. The number of allylic oxidation sites excluding steroid dienone is 1. The molecule has 1 aliphatic heterocycles. The number of aliphatic imine (C=N–C) groups is 1. The largest absolute Gasteiger partial charge is 0.359 e. The van der Waals surface area contributed by atoms with E-state index in [1.807, 2.05) is 0 Å². The molecule has 11 heteroatoms. The van der Waals surface area contributed by atoms with Gasteiger partial charge in [0, 0.05) is 35.7 Å². The number of amides is 1. The van der Waals surface area contributed by atoms with Crippen molar-refractivity contribution >= 4 is 60.4 Å². The van der Waals surface area contributed by atoms with Crippen molar-refractivity contribution in [1.29, 1.82) is 0 Å². The van der Waals surface area contributed by atoms with Crippen molar-refractivity contribution in [2.45, 2.75) is 22.7 Å². The van der Waals surface area contributed by atoms with E-state index in [2.05, 4.69) is 31.2 Å². The summed E-state index contributed by atoms with van der Waals surface area (Å²) in [5, 5.41) is 3.24. The molecule has 0 spiro atoms. The van der Waals surface area contributed by atoms with Crippen molar-refractivity contribution in [2.75, 3.05) is 5.33 Å². The number of halogens is 3. The number of sulfone groups is 1. The molecule has 3 aromatic rings. The molecule has 2 aromatic carbocycles. The number of aromatic amines is 1. The molecular formula is C23H18BrClFN3O4S. The number of benzene rings is 2. The van der Waals surface area contributed by atoms with Gasteiger partial charge in [-0.05, 0) is 42.0 Å². The van der Waals surface area contributed by atoms with Crippen LogP contribution in [0.4, 0.5) is 4.39 Å². The Balaban J connectivity index is 1.75. The lowest BCUT2D eigenvalue weighted by Crippen LogP contribution is -2.34. The molecule has 1 atom stereocenters. The fraction of sp³-hybridized carbons (Fsp3) is 0.174. The molecule has 1 amide bonds. The molecule has 34 heavy (non-hydrogen) atoms. The van der Waals surface area contributed by atoms with Gasteiger partial charge < -0.3 is 10.3 Å². The van der Waals surface area contributed by atoms with E-state index in [-0.39, 0.29) is 29.4 Å². The molecule has 1 aromatic heterocycles. The van der Waals surface area contributed by atoms with Crippen LogP contribution < -0.4 is 10.7 Å². The second-order valence-electron chi connectivity index (χ2n) is 7.59. The van der Waals surface area contributed by atoms with Crippen LogP contribution in [-0.4, -0.2) is 35.7 Å². The van der Waals surface area contributed by atoms with Crippen LogP contribution in [0.2, 0.25) is 5.02 Å². The number of rotatable bonds is 7. The van der Waals surface area contributed by atoms with Crippen LogP contribution >= 0.6 is 27.5 Å². The van der Waals surface area contributed by atoms with Crippen LogP contribution in [0, 0.1) is 5.82 Å². The van der Waals surface area contributed by atoms with Crippen molar-refractivity contribution in [2.24, 2.45) is 4.99 Å². The van der Waals surface area contributed by atoms with E-state index < -0.39 is 36.8 Å². The van der Waals surface area contributed by atoms with Gasteiger partial charge in [0.25, 0.3) is 5.91 Å². The minimum Gasteiger partial charge on any atom is -0.359 e. The highest BCUT2D eigenvalue weighted by molar-refractivity contribution is 9.09. The first kappa shape index (κ1) is 24.3. The number of nitrogens with one attached hydrogen (secondary N) is 2. The number of carbonyl (C=O) groups is 1. The quantitative estimate of drug-likeness (QED) is 0.419. The number of fused-ring (bicyclic) bond motifs is 1. The summed E-state index contributed by atoms with van der Waals surface area (Å²) in [6.45, 7) is 0.135. The van der Waals surface area contributed by atoms with Crippen molar-refractivity contribution in [3.05, 3.63) is 86.9 Å². The number of hydrogen-bond acceptors (Lipinski definition) is 5. The molecule has 2 N–H and O–H groups in total. The molecule has 0 fully saturated rings. The Morgan fingerprint density at radius 1 is 1.24 bits per heavy atom. The Hall–Kier alpha value is -2.82. The van der Waals surface area contributed by atoms with Crippen molar-refractivity contribution in [3.63, 3.8) is 0 Å². The van der Waals surface area contributed by atoms with E-state index in [0.717, 1.165) is 23.9 Å². The zero-order chi connectivity index (χ0) is 24.5. The van der Waals surface area contributed by atoms with E-state index in [9.17, 15) is 22.4 Å². The first-order valence-corrected chi connectivity index (χ1v) is 13.1. The number of hydrogen-bond donors (Lipinski definition) is 2. The van der Waals surface area contributed by atoms with Crippen molar-refractivity contribution < 1.29 is 17.6 Å². The van der Waals surface area contributed by atoms with Gasteiger partial charge in [0.15, 0.2) is 4.87 Å². The molecule has 0 aliphatic carbocycles. The minimum atomic E-state index is -4.25. The van der Waals surface area contributed by atoms with Gasteiger partial charge in [0.2, 0.25) is 15.3 Å². The van der Waals surface area contributed by atoms with Gasteiger partial charge in [0.1, 0.15) is 11.4 Å². The van der Waals surface area contributed by atoms with Crippen LogP contribution in [0.1, 0.15) is 22.3 Å². The second-order valence-corrected chi connectivity index (χ2v) is 11.0. The SMILES string of the molecule is O=C(NCc1ccc(Cl)cc1)c1c[nH]c2c(S(=O)(=O)C3(CCBr)C=CC=N3)cc(F)cc2c1=O. The van der Waals surface area contributed by atoms with Gasteiger partial charge in [-0.1, -0.05) is 39.7 Å². The average molecular weight is 567 g/mol. The molecule has 0 saturated carbocycles. The zero-order valence-electron chi connectivity index (χ0n) is 17.5. The lowest BCUT2D eigenvalue weighted by Gasteiger charge is -2.24. The molecule has 1 unspecified atom stereocenters. The Morgan fingerprint density at radius 3 is 2.62 bits per heavy atom. The van der Waals surface area contributed by atoms with Crippen LogP contribution in [0.3, 0.4) is 0 Å². The maximum atomic E-state index is 14.5. The summed E-state index contributed by atoms with van der Waals surface area (Å²) in [5.41, 5.74) is -0.399. The highest BCUT2D eigenvalue weighted by Gasteiger charge is 2.44. The van der Waals surface area contributed by atoms with Gasteiger partial charge in [0.05, 0.1) is 15.8 Å². The third-order valence-electron chi connectivity index (χ3n) is 5.47. The number of alkyl halides is 1. The molecule has 0 saturated heterocycles. The lowest BCUT2D eigenvalue weighted by atomic mass is 10.1. The van der Waals surface area contributed by atoms with Gasteiger partial charge in [-0.15, -0.1) is 0 Å². The summed E-state index contributed by atoms with van der Waals surface area (Å²) >= 11 is 9.09. The minimum absolute atomic E-state index is 0.0925. The van der Waals surface area contributed by atoms with E-state index in [4.69, 9.17) is 11.6 Å². The molecule has 1 aliphatic rings. The van der Waals surface area contributed by atoms with E-state index in [0.29, 0.717) is 10.4 Å². The number of aromatic nitrogens is 1. The maximum Gasteiger partial charge on any atom is 0.257 e. The van der Waals surface area contributed by atoms with Crippen LogP contribution in [-0.2, 0) is 16.4 Å². The first-order valence-electron chi connectivity index (χ1n) is 10.1. The van der Waals surface area contributed by atoms with E-state index >= 15 is 0 Å². The van der Waals surface area contributed by atoms with E-state index in [1.54, 1.807) is 24.3 Å². The van der Waals surface area contributed by atoms with Crippen LogP contribution in [0.25, 0.3) is 10.9 Å². The summed E-state index contributed by atoms with van der Waals surface area (Å²) in [7, 11) is -4.25. The van der Waals surface area contributed by atoms with Crippen LogP contribution in [0.15, 0.2) is 69.4 Å². The molecule has 0 bridgehead atoms. The molecular weight excluding hydrogens is 549 g/mol. The Morgan fingerprint density at radius 2 is 1.97 bits per heavy atom. The Labute approximate surface area is 207 Å². The molecule has 4 rings (SSSR count). The fourth-order valence-corrected chi connectivity index (χ4v) is 6.61. The average Bonchev–Trinajstić information content (AvgIpc) is 3.29. The van der Waals surface area contributed by atoms with Gasteiger partial charge in [-0.25, -0.2) is 12.8 Å². The monoisotopic (exact) mass is 565 g/mol. The third-order valence-corrected chi connectivity index (χ3v) is 8.40. The third kappa shape index (κ3) is 4.33. The maximum absolute atomic E-state index is 14.5. The predicted molar refractivity (Wildman–Crippen MR) is 133 cm³/mol. The smallest absolute Gasteiger partial charge is 0.257 e. The molecule has 0 radical (unpaired) electrons. The fourth-order valence-electron chi connectivity index (χ4n) is 3.70. The highest BCUT2D eigenvalue weighted by atomic mass is 79.9. The van der Waals surface area contributed by atoms with Gasteiger partial charge >= 0.3 is 0 Å². The molecule has 7 nitrogen and oxygen atoms in total. The van der Waals surface area contributed by atoms with Gasteiger partial charge in [-0.3, -0.25) is 14.6 Å². The summed E-state index contributed by atoms with van der Waals surface area (Å²) in [4.78, 5) is 30.6. The van der Waals surface area contributed by atoms with Crippen molar-refractivity contribution in [1.82, 2.24) is 10.3 Å². The summed E-state index contributed by atoms with van der Waals surface area (Å²) in [5.74, 6) is -1.61. The highest BCUT2D eigenvalue weighted by Crippen LogP contribution is 2.37. The Bertz CT molecular complexity index is 1490. The Kier molecular flexibility index (Phi) is 6.75. The lowest BCUT2D eigenvalue weighted by molar-refractivity contribution is 0.0949. The number of nitrogens with zero attached hydrogens (tertiary/aromatic N) is 1. The van der Waals surface area contributed by atoms with Gasteiger partial charge in [-0.2, -0.15) is 0 Å². The number of carbonyl (C=O) groups excluding carboxylic acids is 1. The predicted octanol–water partition coefficient (Wildman–Crippen LogP) is 4.15. The zero-order valence-corrected chi connectivity index (χ0v) is 20.7.